The van der Waals surface area contributed by atoms with Crippen molar-refractivity contribution in [3.8, 4) is 0 Å². The predicted octanol–water partition coefficient (Wildman–Crippen LogP) is 2.13. The summed E-state index contributed by atoms with van der Waals surface area (Å²) in [4.78, 5) is 0. The van der Waals surface area contributed by atoms with E-state index in [2.05, 4.69) is 24.3 Å². The zero-order valence-electron chi connectivity index (χ0n) is 5.89. The Morgan fingerprint density at radius 2 is 0.800 bits per heavy atom. The van der Waals surface area contributed by atoms with Gasteiger partial charge in [0.25, 0.3) is 0 Å². The summed E-state index contributed by atoms with van der Waals surface area (Å²) in [5, 5.41) is 0. The van der Waals surface area contributed by atoms with Gasteiger partial charge in [-0.1, -0.05) is 24.3 Å². The molecule has 0 aromatic carbocycles. The molecule has 1 rings (SSSR count). The first-order valence-corrected chi connectivity index (χ1v) is 3.30. The van der Waals surface area contributed by atoms with Crippen molar-refractivity contribution < 1.29 is 29.5 Å². The van der Waals surface area contributed by atoms with Crippen molar-refractivity contribution in [3.05, 3.63) is 24.3 Å². The molecule has 0 unspecified atom stereocenters. The second-order valence-corrected chi connectivity index (χ2v) is 2.10. The van der Waals surface area contributed by atoms with Crippen LogP contribution >= 0.6 is 0 Å². The summed E-state index contributed by atoms with van der Waals surface area (Å²) in [7, 11) is 0. The number of hydrogen-bond acceptors (Lipinski definition) is 0. The van der Waals surface area contributed by atoms with Crippen molar-refractivity contribution in [3.63, 3.8) is 0 Å². The van der Waals surface area contributed by atoms with Gasteiger partial charge in [0.1, 0.15) is 0 Å². The zero-order chi connectivity index (χ0) is 5.66. The van der Waals surface area contributed by atoms with Gasteiger partial charge in [0.2, 0.25) is 0 Å². The minimum atomic E-state index is 0. The summed E-state index contributed by atoms with van der Waals surface area (Å²) in [6.45, 7) is 0. The fraction of sp³-hybridized carbons (Fsp3) is 0.500. The van der Waals surface area contributed by atoms with Crippen LogP contribution in [0.25, 0.3) is 0 Å². The van der Waals surface area contributed by atoms with Gasteiger partial charge in [0.05, 0.1) is 12.4 Å². The molecule has 0 N–H and O–H groups in total. The van der Waals surface area contributed by atoms with Crippen LogP contribution in [0.15, 0.2) is 24.3 Å². The van der Waals surface area contributed by atoms with E-state index in [0.29, 0.717) is 0 Å². The average molecular weight is 209 g/mol. The Bertz CT molecular complexity index is 81.8. The molecule has 10 heavy (non-hydrogen) atoms. The van der Waals surface area contributed by atoms with E-state index in [0.717, 1.165) is 0 Å². The second-order valence-electron chi connectivity index (χ2n) is 2.10. The number of rotatable bonds is 0. The van der Waals surface area contributed by atoms with Crippen LogP contribution in [-0.2, 0) is 17.1 Å². The van der Waals surface area contributed by atoms with Crippen LogP contribution in [0.2, 0.25) is 0 Å². The number of allylic oxidation sites excluding steroid dienone is 4. The van der Waals surface area contributed by atoms with Crippen LogP contribution in [0.4, 0.5) is 0 Å². The van der Waals surface area contributed by atoms with Crippen LogP contribution < -0.4 is 0 Å². The van der Waals surface area contributed by atoms with Gasteiger partial charge in [-0.05, 0) is 25.7 Å². The Kier molecular flexibility index (Phi) is 12.0. The molecule has 0 heterocycles. The Morgan fingerprint density at radius 1 is 0.600 bits per heavy atom. The van der Waals surface area contributed by atoms with Gasteiger partial charge < -0.3 is 0 Å². The average Bonchev–Trinajstić information content (AvgIpc) is 1.62. The maximum absolute atomic E-state index is 2.27. The largest absolute Gasteiger partial charge is 1.00 e. The first-order chi connectivity index (χ1) is 4.00. The molecule has 0 atom stereocenters. The van der Waals surface area contributed by atoms with E-state index < -0.39 is 0 Å². The van der Waals surface area contributed by atoms with Crippen LogP contribution in [0.1, 0.15) is 25.7 Å². The summed E-state index contributed by atoms with van der Waals surface area (Å²) < 4.78 is 0. The van der Waals surface area contributed by atoms with Crippen LogP contribution in [-0.4, -0.2) is 0 Å². The number of halogens is 1. The van der Waals surface area contributed by atoms with Gasteiger partial charge in [-0.15, -0.1) is 0 Å². The molecule has 0 amide bonds. The topological polar surface area (TPSA) is 0 Å². The maximum Gasteiger partial charge on any atom is 1.00 e. The van der Waals surface area contributed by atoms with Crippen molar-refractivity contribution in [2.24, 2.45) is 0 Å². The molecule has 0 bridgehead atoms. The molecule has 2 heteroatoms. The molecule has 0 aromatic rings. The van der Waals surface area contributed by atoms with Crippen molar-refractivity contribution >= 4 is 0 Å². The van der Waals surface area contributed by atoms with Gasteiger partial charge in [0.15, 0.2) is 0 Å². The fourth-order valence-corrected chi connectivity index (χ4v) is 0.856. The van der Waals surface area contributed by atoms with Gasteiger partial charge >= 0.3 is 17.1 Å². The minimum absolute atomic E-state index is 0. The van der Waals surface area contributed by atoms with E-state index >= 15 is 0 Å². The zero-order valence-corrected chi connectivity index (χ0v) is 7.72. The number of hydrogen-bond donors (Lipinski definition) is 0. The first-order valence-electron chi connectivity index (χ1n) is 3.30. The third-order valence-electron chi connectivity index (χ3n) is 1.33. The molecule has 0 radical (unpaired) electrons. The molecular formula is C8H14ClCu+2. The van der Waals surface area contributed by atoms with Crippen molar-refractivity contribution in [1.29, 1.82) is 0 Å². The first kappa shape index (κ1) is 12.9. The summed E-state index contributed by atoms with van der Waals surface area (Å²) in [5.41, 5.74) is 0. The monoisotopic (exact) mass is 208 g/mol. The Hall–Kier alpha value is 0.289. The molecule has 0 spiro atoms. The normalized spacial score (nSPS) is 16.0. The van der Waals surface area contributed by atoms with E-state index in [1.165, 1.54) is 25.7 Å². The van der Waals surface area contributed by atoms with Crippen molar-refractivity contribution in [1.82, 2.24) is 0 Å². The maximum atomic E-state index is 2.27. The van der Waals surface area contributed by atoms with Gasteiger partial charge in [-0.25, -0.2) is 0 Å². The molecular weight excluding hydrogens is 195 g/mol. The smallest absolute Gasteiger partial charge is 0.0882 e. The Morgan fingerprint density at radius 3 is 1.00 bits per heavy atom. The van der Waals surface area contributed by atoms with E-state index in [-0.39, 0.29) is 29.5 Å². The molecule has 0 saturated carbocycles. The van der Waals surface area contributed by atoms with Gasteiger partial charge in [-0.2, -0.15) is 0 Å². The fourth-order valence-electron chi connectivity index (χ4n) is 0.856. The van der Waals surface area contributed by atoms with E-state index in [1.54, 1.807) is 0 Å². The second kappa shape index (κ2) is 9.29. The van der Waals surface area contributed by atoms with Gasteiger partial charge in [-0.3, -0.25) is 0 Å². The van der Waals surface area contributed by atoms with Crippen LogP contribution in [0, 0.1) is 12.4 Å². The summed E-state index contributed by atoms with van der Waals surface area (Å²) >= 11 is 0. The molecule has 0 aliphatic heterocycles. The van der Waals surface area contributed by atoms with E-state index in [4.69, 9.17) is 0 Å². The standard InChI is InChI=1S/C8H12.ClH2.Cu/c1-2-4-6-8-7-5-3-1;;/h1-2,7-8H,3-6H2;1H2;/q;2*+1. The molecule has 1 aliphatic carbocycles. The van der Waals surface area contributed by atoms with Crippen LogP contribution in [0.5, 0.6) is 0 Å². The summed E-state index contributed by atoms with van der Waals surface area (Å²) in [6.07, 6.45) is 14.0. The van der Waals surface area contributed by atoms with Crippen LogP contribution in [0.3, 0.4) is 0 Å². The third-order valence-corrected chi connectivity index (χ3v) is 1.33. The molecule has 0 saturated heterocycles. The molecule has 0 nitrogen and oxygen atoms in total. The Balaban J connectivity index is 0. The van der Waals surface area contributed by atoms with E-state index in [1.807, 2.05) is 0 Å². The third kappa shape index (κ3) is 6.41. The molecule has 0 fully saturated rings. The van der Waals surface area contributed by atoms with Gasteiger partial charge in [0, 0.05) is 0 Å². The van der Waals surface area contributed by atoms with Crippen molar-refractivity contribution in [2.75, 3.05) is 0 Å². The summed E-state index contributed by atoms with van der Waals surface area (Å²) in [5.74, 6) is 0. The SMILES string of the molecule is C1=CCCC=CCC1.[ClH2+].[Cu+]. The van der Waals surface area contributed by atoms with E-state index in [9.17, 15) is 0 Å². The molecule has 0 aromatic heterocycles. The predicted molar refractivity (Wildman–Crippen MR) is 39.5 cm³/mol. The Labute approximate surface area is 79.7 Å². The minimum Gasteiger partial charge on any atom is -0.0882 e. The molecule has 62 valence electrons. The quantitative estimate of drug-likeness (QED) is 0.423. The summed E-state index contributed by atoms with van der Waals surface area (Å²) in [6, 6.07) is 0. The molecule has 1 aliphatic rings. The van der Waals surface area contributed by atoms with Crippen molar-refractivity contribution in [2.45, 2.75) is 25.7 Å².